The number of anilines is 3. The molecule has 0 aliphatic carbocycles. The summed E-state index contributed by atoms with van der Waals surface area (Å²) in [6.07, 6.45) is 1.81. The average molecular weight is 489 g/mol. The summed E-state index contributed by atoms with van der Waals surface area (Å²) in [4.78, 5) is 38.1. The predicted octanol–water partition coefficient (Wildman–Crippen LogP) is 3.95. The summed E-state index contributed by atoms with van der Waals surface area (Å²) < 4.78 is 0. The van der Waals surface area contributed by atoms with E-state index < -0.39 is 0 Å². The van der Waals surface area contributed by atoms with Gasteiger partial charge in [-0.3, -0.25) is 14.7 Å². The summed E-state index contributed by atoms with van der Waals surface area (Å²) in [6, 6.07) is 11.9. The topological polar surface area (TPSA) is 138 Å². The number of hydrogen-bond donors (Lipinski definition) is 4. The van der Waals surface area contributed by atoms with Crippen LogP contribution in [0.2, 0.25) is 5.02 Å². The largest absolute Gasteiger partial charge is 0.342 e. The van der Waals surface area contributed by atoms with E-state index in [1.54, 1.807) is 49.5 Å². The Kier molecular flexibility index (Phi) is 5.87. The highest BCUT2D eigenvalue weighted by Crippen LogP contribution is 2.34. The van der Waals surface area contributed by atoms with Crippen LogP contribution in [0.4, 0.5) is 17.3 Å². The fraction of sp³-hybridized carbons (Fsp3) is 0.167. The molecule has 0 spiro atoms. The number of rotatable bonds is 5. The van der Waals surface area contributed by atoms with Crippen LogP contribution >= 0.6 is 11.6 Å². The van der Waals surface area contributed by atoms with E-state index in [0.29, 0.717) is 45.3 Å². The Morgan fingerprint density at radius 1 is 1.14 bits per heavy atom. The molecule has 0 saturated heterocycles. The summed E-state index contributed by atoms with van der Waals surface area (Å²) in [7, 11) is 0. The van der Waals surface area contributed by atoms with Gasteiger partial charge in [0.2, 0.25) is 11.9 Å². The molecule has 4 N–H and O–H groups in total. The lowest BCUT2D eigenvalue weighted by Crippen LogP contribution is -2.27. The van der Waals surface area contributed by atoms with E-state index in [1.165, 1.54) is 0 Å². The van der Waals surface area contributed by atoms with Crippen molar-refractivity contribution in [3.05, 3.63) is 76.5 Å². The third-order valence-corrected chi connectivity index (χ3v) is 5.71. The lowest BCUT2D eigenvalue weighted by molar-refractivity contribution is -0.115. The second-order valence-electron chi connectivity index (χ2n) is 8.16. The van der Waals surface area contributed by atoms with Gasteiger partial charge in [0.05, 0.1) is 23.8 Å². The number of amides is 2. The summed E-state index contributed by atoms with van der Waals surface area (Å²) in [5.41, 5.74) is 3.95. The van der Waals surface area contributed by atoms with Gasteiger partial charge in [-0.25, -0.2) is 15.0 Å². The monoisotopic (exact) mass is 488 g/mol. The number of nitrogens with one attached hydrogen (secondary N) is 4. The molecule has 176 valence electrons. The lowest BCUT2D eigenvalue weighted by atomic mass is 10.1. The van der Waals surface area contributed by atoms with E-state index in [1.807, 2.05) is 13.0 Å². The van der Waals surface area contributed by atoms with Crippen molar-refractivity contribution in [3.8, 4) is 11.3 Å². The molecule has 0 bridgehead atoms. The Morgan fingerprint density at radius 3 is 2.69 bits per heavy atom. The zero-order valence-electron chi connectivity index (χ0n) is 18.9. The Bertz CT molecular complexity index is 1430. The standard InChI is InChI=1S/C24H21ClN8O2/c1-12(22-28-13(2)32-33-22)27-23(35)14-3-6-17(7-4-14)29-24-26-11-15-9-20(34)30-19-10-16(25)5-8-18(19)21(15)31-24/h3-8,10-12H,9H2,1-2H3,(H,27,35)(H,30,34)(H,26,29,31)(H,28,32,33). The zero-order valence-corrected chi connectivity index (χ0v) is 19.6. The molecule has 2 amide bonds. The van der Waals surface area contributed by atoms with Gasteiger partial charge in [-0.05, 0) is 56.3 Å². The minimum atomic E-state index is -0.336. The minimum Gasteiger partial charge on any atom is -0.342 e. The van der Waals surface area contributed by atoms with Crippen LogP contribution < -0.4 is 16.0 Å². The molecule has 10 nitrogen and oxygen atoms in total. The van der Waals surface area contributed by atoms with Crippen LogP contribution in [0, 0.1) is 6.92 Å². The van der Waals surface area contributed by atoms with Gasteiger partial charge >= 0.3 is 0 Å². The Balaban J connectivity index is 1.33. The van der Waals surface area contributed by atoms with Gasteiger partial charge in [-0.1, -0.05) is 11.6 Å². The summed E-state index contributed by atoms with van der Waals surface area (Å²) in [5.74, 6) is 1.19. The van der Waals surface area contributed by atoms with E-state index in [4.69, 9.17) is 11.6 Å². The molecule has 2 aromatic carbocycles. The molecular weight excluding hydrogens is 468 g/mol. The predicted molar refractivity (Wildman–Crippen MR) is 132 cm³/mol. The average Bonchev–Trinajstić information content (AvgIpc) is 3.21. The Morgan fingerprint density at radius 2 is 1.94 bits per heavy atom. The second kappa shape index (κ2) is 9.15. The van der Waals surface area contributed by atoms with E-state index in [0.717, 1.165) is 11.1 Å². The van der Waals surface area contributed by atoms with Gasteiger partial charge in [-0.2, -0.15) is 5.10 Å². The second-order valence-corrected chi connectivity index (χ2v) is 8.60. The van der Waals surface area contributed by atoms with E-state index in [-0.39, 0.29) is 24.3 Å². The molecule has 0 radical (unpaired) electrons. The number of benzene rings is 2. The SMILES string of the molecule is Cc1nc(C(C)NC(=O)c2ccc(Nc3ncc4c(n3)-c3ccc(Cl)cc3NC(=O)C4)cc2)n[nH]1. The van der Waals surface area contributed by atoms with Crippen molar-refractivity contribution < 1.29 is 9.59 Å². The molecule has 1 aliphatic heterocycles. The number of aryl methyl sites for hydroxylation is 1. The van der Waals surface area contributed by atoms with Crippen molar-refractivity contribution in [3.63, 3.8) is 0 Å². The molecule has 4 aromatic rings. The van der Waals surface area contributed by atoms with E-state index in [9.17, 15) is 9.59 Å². The number of hydrogen-bond acceptors (Lipinski definition) is 7. The molecule has 0 saturated carbocycles. The van der Waals surface area contributed by atoms with E-state index >= 15 is 0 Å². The fourth-order valence-electron chi connectivity index (χ4n) is 3.76. The number of aromatic amines is 1. The van der Waals surface area contributed by atoms with Crippen molar-refractivity contribution in [2.24, 2.45) is 0 Å². The molecule has 35 heavy (non-hydrogen) atoms. The first kappa shape index (κ1) is 22.5. The lowest BCUT2D eigenvalue weighted by Gasteiger charge is -2.12. The van der Waals surface area contributed by atoms with E-state index in [2.05, 4.69) is 41.1 Å². The molecule has 1 aliphatic rings. The smallest absolute Gasteiger partial charge is 0.251 e. The highest BCUT2D eigenvalue weighted by atomic mass is 35.5. The first-order valence-corrected chi connectivity index (χ1v) is 11.3. The summed E-state index contributed by atoms with van der Waals surface area (Å²) >= 11 is 6.11. The molecule has 11 heteroatoms. The van der Waals surface area contributed by atoms with Gasteiger partial charge in [0.25, 0.3) is 5.91 Å². The highest BCUT2D eigenvalue weighted by molar-refractivity contribution is 6.31. The van der Waals surface area contributed by atoms with Crippen LogP contribution in [0.25, 0.3) is 11.3 Å². The minimum absolute atomic E-state index is 0.155. The van der Waals surface area contributed by atoms with Crippen molar-refractivity contribution in [2.75, 3.05) is 10.6 Å². The van der Waals surface area contributed by atoms with Gasteiger partial charge in [0.15, 0.2) is 5.82 Å². The summed E-state index contributed by atoms with van der Waals surface area (Å²) in [6.45, 7) is 3.62. The number of carbonyl (C=O) groups excluding carboxylic acids is 2. The van der Waals surface area contributed by atoms with Crippen LogP contribution in [-0.4, -0.2) is 37.0 Å². The number of fused-ring (bicyclic) bond motifs is 3. The maximum absolute atomic E-state index is 12.6. The van der Waals surface area contributed by atoms with Crippen molar-refractivity contribution in [2.45, 2.75) is 26.3 Å². The van der Waals surface area contributed by atoms with Gasteiger partial charge in [-0.15, -0.1) is 0 Å². The van der Waals surface area contributed by atoms with Gasteiger partial charge in [0, 0.05) is 33.6 Å². The number of carbonyl (C=O) groups is 2. The number of halogens is 1. The normalized spacial score (nSPS) is 13.2. The zero-order chi connectivity index (χ0) is 24.5. The van der Waals surface area contributed by atoms with Crippen molar-refractivity contribution in [1.82, 2.24) is 30.5 Å². The first-order valence-electron chi connectivity index (χ1n) is 10.9. The fourth-order valence-corrected chi connectivity index (χ4v) is 3.93. The Labute approximate surface area is 205 Å². The van der Waals surface area contributed by atoms with Crippen LogP contribution in [0.5, 0.6) is 0 Å². The number of nitrogens with zero attached hydrogens (tertiary/aromatic N) is 4. The maximum atomic E-state index is 12.6. The van der Waals surface area contributed by atoms with Crippen LogP contribution in [0.1, 0.15) is 40.5 Å². The number of aromatic nitrogens is 5. The van der Waals surface area contributed by atoms with Gasteiger partial charge in [0.1, 0.15) is 5.82 Å². The first-order chi connectivity index (χ1) is 16.9. The van der Waals surface area contributed by atoms with Gasteiger partial charge < -0.3 is 16.0 Å². The quantitative estimate of drug-likeness (QED) is 0.333. The molecule has 1 atom stereocenters. The maximum Gasteiger partial charge on any atom is 0.251 e. The van der Waals surface area contributed by atoms with Crippen molar-refractivity contribution in [1.29, 1.82) is 0 Å². The highest BCUT2D eigenvalue weighted by Gasteiger charge is 2.21. The summed E-state index contributed by atoms with van der Waals surface area (Å²) in [5, 5.41) is 16.3. The van der Waals surface area contributed by atoms with Crippen LogP contribution in [0.3, 0.4) is 0 Å². The Hall–Kier alpha value is -4.31. The molecular formula is C24H21ClN8O2. The molecule has 5 rings (SSSR count). The molecule has 2 aromatic heterocycles. The molecule has 3 heterocycles. The third kappa shape index (κ3) is 4.82. The molecule has 1 unspecified atom stereocenters. The number of H-pyrrole nitrogens is 1. The van der Waals surface area contributed by atoms with Crippen molar-refractivity contribution >= 4 is 40.7 Å². The van der Waals surface area contributed by atoms with Crippen LogP contribution in [0.15, 0.2) is 48.7 Å². The third-order valence-electron chi connectivity index (χ3n) is 5.48. The van der Waals surface area contributed by atoms with Crippen LogP contribution in [-0.2, 0) is 11.2 Å². The molecule has 0 fully saturated rings.